The molecule has 4 heteroatoms. The molecule has 0 spiro atoms. The highest BCUT2D eigenvalue weighted by Crippen LogP contribution is 2.21. The van der Waals surface area contributed by atoms with E-state index in [-0.39, 0.29) is 0 Å². The molecular weight excluding hydrogens is 187 g/mol. The van der Waals surface area contributed by atoms with Crippen LogP contribution in [0.25, 0.3) is 6.08 Å². The van der Waals surface area contributed by atoms with Gasteiger partial charge in [0, 0.05) is 0 Å². The summed E-state index contributed by atoms with van der Waals surface area (Å²) in [5.74, 6) is -1.28. The number of aliphatic hydroxyl groups is 1. The van der Waals surface area contributed by atoms with Crippen molar-refractivity contribution in [3.8, 4) is 0 Å². The molecule has 0 fully saturated rings. The maximum Gasteiger partial charge on any atom is 0.542 e. The molecule has 1 rings (SSSR count). The van der Waals surface area contributed by atoms with Crippen molar-refractivity contribution in [2.24, 2.45) is 0 Å². The van der Waals surface area contributed by atoms with Crippen LogP contribution in [0.2, 0.25) is 0 Å². The Bertz CT molecular complexity index is 308. The minimum absolute atomic E-state index is 0.887. The van der Waals surface area contributed by atoms with Crippen molar-refractivity contribution in [2.75, 3.05) is 0 Å². The number of rotatable bonds is 3. The highest BCUT2D eigenvalue weighted by Gasteiger charge is 2.21. The molecule has 13 heavy (non-hydrogen) atoms. The van der Waals surface area contributed by atoms with Gasteiger partial charge in [-0.25, -0.2) is 0 Å². The average Bonchev–Trinajstić information content (AvgIpc) is 2.15. The van der Waals surface area contributed by atoms with E-state index >= 15 is 0 Å². The van der Waals surface area contributed by atoms with Crippen molar-refractivity contribution in [3.05, 3.63) is 42.0 Å². The molecule has 0 bridgehead atoms. The van der Waals surface area contributed by atoms with Gasteiger partial charge in [0.2, 0.25) is 0 Å². The van der Waals surface area contributed by atoms with E-state index in [4.69, 9.17) is 10.00 Å². The van der Waals surface area contributed by atoms with Crippen LogP contribution < -0.4 is 0 Å². The van der Waals surface area contributed by atoms with Crippen molar-refractivity contribution in [1.82, 2.24) is 0 Å². The third-order valence-electron chi connectivity index (χ3n) is 1.49. The summed E-state index contributed by atoms with van der Waals surface area (Å²) in [7, 11) is -2.54. The third kappa shape index (κ3) is 3.47. The molecule has 0 radical (unpaired) electrons. The van der Waals surface area contributed by atoms with Gasteiger partial charge in [0.15, 0.2) is 0 Å². The number of hydrogen-bond donors (Lipinski definition) is 2. The first-order valence-electron chi connectivity index (χ1n) is 3.76. The number of benzene rings is 1. The van der Waals surface area contributed by atoms with Gasteiger partial charge in [0.05, 0.1) is 0 Å². The Kier molecular flexibility index (Phi) is 3.77. The summed E-state index contributed by atoms with van der Waals surface area (Å²) in [6.07, 6.45) is 2.90. The van der Waals surface area contributed by atoms with Gasteiger partial charge in [-0.1, -0.05) is 36.4 Å². The molecule has 0 aromatic heterocycles. The second kappa shape index (κ2) is 4.87. The molecule has 0 amide bonds. The predicted octanol–water partition coefficient (Wildman–Crippen LogP) is 1.75. The van der Waals surface area contributed by atoms with E-state index in [9.17, 15) is 4.57 Å². The molecule has 3 nitrogen and oxygen atoms in total. The first-order chi connectivity index (χ1) is 6.20. The summed E-state index contributed by atoms with van der Waals surface area (Å²) in [4.78, 5) is 8.51. The summed E-state index contributed by atoms with van der Waals surface area (Å²) in [6.45, 7) is 0. The van der Waals surface area contributed by atoms with E-state index in [1.165, 1.54) is 6.08 Å². The zero-order chi connectivity index (χ0) is 9.68. The highest BCUT2D eigenvalue weighted by atomic mass is 31.1. The fourth-order valence-corrected chi connectivity index (χ4v) is 1.07. The molecule has 1 unspecified atom stereocenters. The van der Waals surface area contributed by atoms with E-state index in [0.717, 1.165) is 5.56 Å². The van der Waals surface area contributed by atoms with Crippen molar-refractivity contribution in [1.29, 1.82) is 0 Å². The standard InChI is InChI=1S/C9H9O3P/c10-9(13(11)12)7-6-8-4-2-1-3-5-8/h1-7,9-10H/p+1/b7-6+/t9-/m1/s1. The quantitative estimate of drug-likeness (QED) is 0.726. The van der Waals surface area contributed by atoms with Gasteiger partial charge >= 0.3 is 13.9 Å². The van der Waals surface area contributed by atoms with Gasteiger partial charge in [0.1, 0.15) is 0 Å². The Morgan fingerprint density at radius 3 is 2.46 bits per heavy atom. The molecule has 1 aromatic carbocycles. The van der Waals surface area contributed by atoms with Crippen LogP contribution >= 0.6 is 8.03 Å². The lowest BCUT2D eigenvalue weighted by Crippen LogP contribution is -1.92. The summed E-state index contributed by atoms with van der Waals surface area (Å²) in [5.41, 5.74) is 0.887. The van der Waals surface area contributed by atoms with Crippen molar-refractivity contribution >= 4 is 14.1 Å². The SMILES string of the molecule is O=[P+](O)[C@@H](O)/C=C/c1ccccc1. The van der Waals surface area contributed by atoms with Gasteiger partial charge in [-0.2, -0.15) is 4.89 Å². The van der Waals surface area contributed by atoms with Gasteiger partial charge in [-0.05, 0) is 16.2 Å². The Hall–Kier alpha value is -1.02. The minimum atomic E-state index is -2.54. The molecule has 2 N–H and O–H groups in total. The Morgan fingerprint density at radius 1 is 1.31 bits per heavy atom. The van der Waals surface area contributed by atoms with Gasteiger partial charge in [0.25, 0.3) is 0 Å². The number of hydrogen-bond acceptors (Lipinski definition) is 2. The van der Waals surface area contributed by atoms with E-state index < -0.39 is 13.9 Å². The van der Waals surface area contributed by atoms with E-state index in [1.807, 2.05) is 30.3 Å². The maximum atomic E-state index is 10.4. The van der Waals surface area contributed by atoms with Gasteiger partial charge < -0.3 is 5.11 Å². The van der Waals surface area contributed by atoms with E-state index in [0.29, 0.717) is 0 Å². The lowest BCUT2D eigenvalue weighted by atomic mass is 10.2. The third-order valence-corrected chi connectivity index (χ3v) is 2.11. The monoisotopic (exact) mass is 197 g/mol. The van der Waals surface area contributed by atoms with Gasteiger partial charge in [-0.15, -0.1) is 0 Å². The molecule has 1 aromatic rings. The largest absolute Gasteiger partial charge is 0.542 e. The summed E-state index contributed by atoms with van der Waals surface area (Å²) in [5, 5.41) is 8.97. The zero-order valence-corrected chi connectivity index (χ0v) is 7.76. The lowest BCUT2D eigenvalue weighted by Gasteiger charge is -1.90. The van der Waals surface area contributed by atoms with E-state index in [1.54, 1.807) is 6.08 Å². The fraction of sp³-hybridized carbons (Fsp3) is 0.111. The molecule has 2 atom stereocenters. The molecular formula is C9H10O3P+. The molecule has 0 aliphatic heterocycles. The molecule has 0 aliphatic carbocycles. The second-order valence-electron chi connectivity index (χ2n) is 2.49. The van der Waals surface area contributed by atoms with Crippen LogP contribution in [-0.4, -0.2) is 15.8 Å². The van der Waals surface area contributed by atoms with Gasteiger partial charge in [-0.3, -0.25) is 0 Å². The fourth-order valence-electron chi connectivity index (χ4n) is 0.835. The van der Waals surface area contributed by atoms with Crippen LogP contribution in [0.1, 0.15) is 5.56 Å². The van der Waals surface area contributed by atoms with Crippen LogP contribution in [-0.2, 0) is 4.57 Å². The molecule has 68 valence electrons. The average molecular weight is 197 g/mol. The summed E-state index contributed by atoms with van der Waals surface area (Å²) >= 11 is 0. The predicted molar refractivity (Wildman–Crippen MR) is 51.3 cm³/mol. The first-order valence-corrected chi connectivity index (χ1v) is 5.05. The molecule has 0 aliphatic rings. The molecule has 0 saturated carbocycles. The Balaban J connectivity index is 2.64. The molecule has 0 saturated heterocycles. The van der Waals surface area contributed by atoms with E-state index in [2.05, 4.69) is 0 Å². The zero-order valence-electron chi connectivity index (χ0n) is 6.87. The van der Waals surface area contributed by atoms with Crippen LogP contribution in [0.4, 0.5) is 0 Å². The second-order valence-corrected chi connectivity index (χ2v) is 3.62. The van der Waals surface area contributed by atoms with Crippen LogP contribution in [0.3, 0.4) is 0 Å². The normalized spacial score (nSPS) is 14.5. The molecule has 0 heterocycles. The van der Waals surface area contributed by atoms with Crippen molar-refractivity contribution in [2.45, 2.75) is 5.85 Å². The first kappa shape index (κ1) is 10.1. The summed E-state index contributed by atoms with van der Waals surface area (Å²) in [6, 6.07) is 9.26. The Morgan fingerprint density at radius 2 is 1.92 bits per heavy atom. The van der Waals surface area contributed by atoms with Crippen molar-refractivity contribution < 1.29 is 14.6 Å². The van der Waals surface area contributed by atoms with Crippen LogP contribution in [0, 0.1) is 0 Å². The number of aliphatic hydroxyl groups excluding tert-OH is 1. The Labute approximate surface area is 77.2 Å². The highest BCUT2D eigenvalue weighted by molar-refractivity contribution is 7.38. The van der Waals surface area contributed by atoms with Crippen LogP contribution in [0.15, 0.2) is 36.4 Å². The minimum Gasteiger partial charge on any atom is -0.345 e. The smallest absolute Gasteiger partial charge is 0.345 e. The van der Waals surface area contributed by atoms with Crippen molar-refractivity contribution in [3.63, 3.8) is 0 Å². The summed E-state index contributed by atoms with van der Waals surface area (Å²) < 4.78 is 10.4. The topological polar surface area (TPSA) is 57.5 Å². The maximum absolute atomic E-state index is 10.4. The van der Waals surface area contributed by atoms with Crippen LogP contribution in [0.5, 0.6) is 0 Å². The lowest BCUT2D eigenvalue weighted by molar-refractivity contribution is 0.282.